The Morgan fingerprint density at radius 2 is 2.00 bits per heavy atom. The molecule has 0 aromatic heterocycles. The number of amides is 1. The molecule has 1 aromatic carbocycles. The van der Waals surface area contributed by atoms with E-state index in [0.29, 0.717) is 25.1 Å². The van der Waals surface area contributed by atoms with Crippen molar-refractivity contribution in [1.29, 1.82) is 0 Å². The summed E-state index contributed by atoms with van der Waals surface area (Å²) in [5.41, 5.74) is 0.701. The van der Waals surface area contributed by atoms with Crippen LogP contribution in [-0.4, -0.2) is 52.1 Å². The number of hydrogen-bond acceptors (Lipinski definition) is 5. The summed E-state index contributed by atoms with van der Waals surface area (Å²) in [4.78, 5) is 12.5. The van der Waals surface area contributed by atoms with Crippen molar-refractivity contribution in [2.75, 3.05) is 33.0 Å². The van der Waals surface area contributed by atoms with E-state index in [4.69, 9.17) is 4.74 Å². The minimum Gasteiger partial charge on any atom is -0.494 e. The maximum atomic E-state index is 13.6. The molecule has 0 bridgehead atoms. The number of methoxy groups -OCH3 is 1. The third-order valence-electron chi connectivity index (χ3n) is 4.45. The maximum absolute atomic E-state index is 13.6. The predicted octanol–water partition coefficient (Wildman–Crippen LogP) is 1.08. The van der Waals surface area contributed by atoms with E-state index < -0.39 is 26.3 Å². The van der Waals surface area contributed by atoms with Crippen molar-refractivity contribution in [1.82, 2.24) is 10.6 Å². The summed E-state index contributed by atoms with van der Waals surface area (Å²) >= 11 is 0. The summed E-state index contributed by atoms with van der Waals surface area (Å²) in [6.07, 6.45) is 2.03. The largest absolute Gasteiger partial charge is 0.494 e. The highest BCUT2D eigenvalue weighted by Gasteiger charge is 2.48. The fourth-order valence-electron chi connectivity index (χ4n) is 2.94. The van der Waals surface area contributed by atoms with Crippen LogP contribution in [0.4, 0.5) is 4.39 Å². The van der Waals surface area contributed by atoms with Crippen LogP contribution >= 0.6 is 12.4 Å². The molecule has 0 unspecified atom stereocenters. The summed E-state index contributed by atoms with van der Waals surface area (Å²) in [5.74, 6) is -0.777. The second-order valence-electron chi connectivity index (χ2n) is 5.99. The van der Waals surface area contributed by atoms with Crippen molar-refractivity contribution in [2.45, 2.75) is 24.0 Å². The van der Waals surface area contributed by atoms with Gasteiger partial charge < -0.3 is 15.4 Å². The van der Waals surface area contributed by atoms with E-state index in [1.54, 1.807) is 6.07 Å². The number of piperidine rings is 1. The predicted molar refractivity (Wildman–Crippen MR) is 96.6 cm³/mol. The van der Waals surface area contributed by atoms with Crippen LogP contribution in [0.5, 0.6) is 5.75 Å². The third-order valence-corrected chi connectivity index (χ3v) is 6.46. The summed E-state index contributed by atoms with van der Waals surface area (Å²) in [6, 6.07) is 4.59. The van der Waals surface area contributed by atoms with E-state index in [1.807, 2.05) is 0 Å². The Labute approximate surface area is 153 Å². The smallest absolute Gasteiger partial charge is 0.241 e. The van der Waals surface area contributed by atoms with Gasteiger partial charge in [0.05, 0.1) is 7.11 Å². The van der Waals surface area contributed by atoms with E-state index in [9.17, 15) is 17.6 Å². The topological polar surface area (TPSA) is 84.5 Å². The molecule has 1 saturated heterocycles. The van der Waals surface area contributed by atoms with Gasteiger partial charge in [0.25, 0.3) is 0 Å². The molecule has 2 rings (SSSR count). The number of carbonyl (C=O) groups is 1. The van der Waals surface area contributed by atoms with Crippen LogP contribution < -0.4 is 15.4 Å². The van der Waals surface area contributed by atoms with Gasteiger partial charge in [0.15, 0.2) is 26.2 Å². The Kier molecular flexibility index (Phi) is 7.64. The lowest BCUT2D eigenvalue weighted by molar-refractivity contribution is -0.124. The zero-order valence-electron chi connectivity index (χ0n) is 14.3. The molecular formula is C16H24ClFN2O4S. The maximum Gasteiger partial charge on any atom is 0.241 e. The molecule has 1 aliphatic heterocycles. The molecule has 9 heteroatoms. The quantitative estimate of drug-likeness (QED) is 0.754. The van der Waals surface area contributed by atoms with Gasteiger partial charge >= 0.3 is 0 Å². The Morgan fingerprint density at radius 1 is 1.36 bits per heavy atom. The lowest BCUT2D eigenvalue weighted by Crippen LogP contribution is -2.57. The van der Waals surface area contributed by atoms with Crippen LogP contribution in [0.2, 0.25) is 0 Å². The molecule has 1 fully saturated rings. The number of carbonyl (C=O) groups excluding carboxylic acids is 1. The molecule has 0 spiro atoms. The first kappa shape index (κ1) is 21.7. The Hall–Kier alpha value is -1.38. The van der Waals surface area contributed by atoms with Gasteiger partial charge in [-0.3, -0.25) is 4.79 Å². The molecule has 0 saturated carbocycles. The summed E-state index contributed by atoms with van der Waals surface area (Å²) in [7, 11) is -2.14. The molecule has 1 aromatic rings. The minimum absolute atomic E-state index is 0. The molecule has 1 amide bonds. The van der Waals surface area contributed by atoms with Crippen LogP contribution in [0.15, 0.2) is 18.2 Å². The third kappa shape index (κ3) is 4.83. The zero-order valence-corrected chi connectivity index (χ0v) is 15.9. The average molecular weight is 395 g/mol. The summed E-state index contributed by atoms with van der Waals surface area (Å²) < 4.78 is 41.4. The molecule has 0 radical (unpaired) electrons. The van der Waals surface area contributed by atoms with Gasteiger partial charge in [0, 0.05) is 12.8 Å². The van der Waals surface area contributed by atoms with E-state index in [1.165, 1.54) is 19.2 Å². The molecule has 1 heterocycles. The van der Waals surface area contributed by atoms with Crippen LogP contribution in [-0.2, 0) is 21.1 Å². The van der Waals surface area contributed by atoms with Gasteiger partial charge in [-0.15, -0.1) is 12.4 Å². The van der Waals surface area contributed by atoms with Crippen LogP contribution in [0.25, 0.3) is 0 Å². The molecule has 0 aliphatic carbocycles. The average Bonchev–Trinajstić information content (AvgIpc) is 2.54. The van der Waals surface area contributed by atoms with Gasteiger partial charge in [-0.1, -0.05) is 6.07 Å². The van der Waals surface area contributed by atoms with Crippen molar-refractivity contribution in [3.05, 3.63) is 29.6 Å². The van der Waals surface area contributed by atoms with E-state index >= 15 is 0 Å². The normalized spacial score (nSPS) is 16.6. The molecule has 6 nitrogen and oxygen atoms in total. The van der Waals surface area contributed by atoms with Crippen molar-refractivity contribution in [3.8, 4) is 5.75 Å². The molecule has 1 aliphatic rings. The lowest BCUT2D eigenvalue weighted by atomic mass is 9.95. The van der Waals surface area contributed by atoms with E-state index in [2.05, 4.69) is 10.6 Å². The number of halogens is 2. The summed E-state index contributed by atoms with van der Waals surface area (Å²) in [5, 5.41) is 5.76. The Morgan fingerprint density at radius 3 is 2.52 bits per heavy atom. The first-order valence-electron chi connectivity index (χ1n) is 7.81. The van der Waals surface area contributed by atoms with Gasteiger partial charge in [-0.25, -0.2) is 12.8 Å². The first-order valence-corrected chi connectivity index (χ1v) is 9.70. The van der Waals surface area contributed by atoms with E-state index in [0.717, 1.165) is 6.26 Å². The van der Waals surface area contributed by atoms with Gasteiger partial charge in [-0.05, 0) is 50.0 Å². The van der Waals surface area contributed by atoms with Crippen LogP contribution in [0, 0.1) is 5.82 Å². The minimum atomic E-state index is -3.53. The monoisotopic (exact) mass is 394 g/mol. The number of hydrogen-bond donors (Lipinski definition) is 2. The summed E-state index contributed by atoms with van der Waals surface area (Å²) in [6.45, 7) is 1.23. The van der Waals surface area contributed by atoms with Crippen molar-refractivity contribution in [3.63, 3.8) is 0 Å². The van der Waals surface area contributed by atoms with Crippen molar-refractivity contribution >= 4 is 28.2 Å². The number of nitrogens with one attached hydrogen (secondary N) is 2. The SMILES string of the molecule is COc1ccc(CCNC(=O)C2(S(C)(=O)=O)CCNCC2)cc1F.Cl. The second-order valence-corrected chi connectivity index (χ2v) is 8.32. The van der Waals surface area contributed by atoms with Crippen LogP contribution in [0.1, 0.15) is 18.4 Å². The molecular weight excluding hydrogens is 371 g/mol. The van der Waals surface area contributed by atoms with Gasteiger partial charge in [0.1, 0.15) is 0 Å². The fourth-order valence-corrected chi connectivity index (χ4v) is 4.30. The highest BCUT2D eigenvalue weighted by molar-refractivity contribution is 7.92. The van der Waals surface area contributed by atoms with Crippen molar-refractivity contribution in [2.24, 2.45) is 0 Å². The molecule has 25 heavy (non-hydrogen) atoms. The highest BCUT2D eigenvalue weighted by atomic mass is 35.5. The number of sulfone groups is 1. The fraction of sp³-hybridized carbons (Fsp3) is 0.562. The second kappa shape index (κ2) is 8.82. The molecule has 0 atom stereocenters. The van der Waals surface area contributed by atoms with E-state index in [-0.39, 0.29) is 37.5 Å². The zero-order chi connectivity index (χ0) is 17.8. The highest BCUT2D eigenvalue weighted by Crippen LogP contribution is 2.28. The molecule has 142 valence electrons. The molecule has 2 N–H and O–H groups in total. The van der Waals surface area contributed by atoms with Gasteiger partial charge in [0.2, 0.25) is 5.91 Å². The standard InChI is InChI=1S/C16H23FN2O4S.ClH/c1-23-14-4-3-12(11-13(14)17)5-8-19-15(20)16(24(2,21)22)6-9-18-10-7-16;/h3-4,11,18H,5-10H2,1-2H3,(H,19,20);1H. The lowest BCUT2D eigenvalue weighted by Gasteiger charge is -2.34. The van der Waals surface area contributed by atoms with Gasteiger partial charge in [-0.2, -0.15) is 0 Å². The Balaban J connectivity index is 0.00000312. The Bertz CT molecular complexity index is 706. The first-order chi connectivity index (χ1) is 11.3. The number of rotatable bonds is 6. The number of benzene rings is 1. The number of ether oxygens (including phenoxy) is 1. The van der Waals surface area contributed by atoms with Crippen molar-refractivity contribution < 1.29 is 22.3 Å². The van der Waals surface area contributed by atoms with Crippen LogP contribution in [0.3, 0.4) is 0 Å².